The number of para-hydroxylation sites is 1. The Morgan fingerprint density at radius 3 is 2.64 bits per heavy atom. The molecule has 132 valence electrons. The van der Waals surface area contributed by atoms with Crippen molar-refractivity contribution in [1.82, 2.24) is 4.90 Å². The molecule has 0 heterocycles. The van der Waals surface area contributed by atoms with Gasteiger partial charge < -0.3 is 9.64 Å². The number of ketones is 1. The zero-order valence-corrected chi connectivity index (χ0v) is 16.6. The zero-order valence-electron chi connectivity index (χ0n) is 15.0. The summed E-state index contributed by atoms with van der Waals surface area (Å²) in [5.74, 6) is 0.617. The third-order valence-electron chi connectivity index (χ3n) is 3.93. The highest BCUT2D eigenvalue weighted by Crippen LogP contribution is 2.26. The largest absolute Gasteiger partial charge is 0.484 e. The topological polar surface area (TPSA) is 41.9 Å². The van der Waals surface area contributed by atoms with Crippen LogP contribution in [0.1, 0.15) is 28.4 Å². The number of halogens is 1. The molecule has 5 heteroatoms. The summed E-state index contributed by atoms with van der Waals surface area (Å²) in [4.78, 5) is 19.0. The molecule has 4 nitrogen and oxygen atoms in total. The van der Waals surface area contributed by atoms with Crippen molar-refractivity contribution in [3.05, 3.63) is 57.6 Å². The molecule has 0 unspecified atom stereocenters. The number of benzene rings is 2. The molecule has 0 saturated heterocycles. The summed E-state index contributed by atoms with van der Waals surface area (Å²) < 4.78 is 6.47. The number of Topliss-reactive ketones (excluding diaryl/α,β-unsaturated/α-hetero) is 1. The third-order valence-corrected chi connectivity index (χ3v) is 4.59. The van der Waals surface area contributed by atoms with E-state index in [1.54, 1.807) is 6.34 Å². The van der Waals surface area contributed by atoms with Gasteiger partial charge >= 0.3 is 0 Å². The maximum absolute atomic E-state index is 12.5. The van der Waals surface area contributed by atoms with Gasteiger partial charge in [0, 0.05) is 19.2 Å². The number of nitrogens with zero attached hydrogens (tertiary/aromatic N) is 2. The highest BCUT2D eigenvalue weighted by Gasteiger charge is 2.13. The summed E-state index contributed by atoms with van der Waals surface area (Å²) in [6, 6.07) is 11.3. The van der Waals surface area contributed by atoms with E-state index in [2.05, 4.69) is 27.8 Å². The summed E-state index contributed by atoms with van der Waals surface area (Å²) >= 11 is 3.42. The monoisotopic (exact) mass is 402 g/mol. The van der Waals surface area contributed by atoms with Crippen LogP contribution >= 0.6 is 15.9 Å². The molecular formula is C20H23BrN2O2. The average molecular weight is 403 g/mol. The minimum absolute atomic E-state index is 0.00405. The van der Waals surface area contributed by atoms with Crippen LogP contribution in [0.4, 0.5) is 5.69 Å². The van der Waals surface area contributed by atoms with Crippen LogP contribution in [-0.2, 0) is 0 Å². The maximum Gasteiger partial charge on any atom is 0.200 e. The lowest BCUT2D eigenvalue weighted by Gasteiger charge is -2.12. The molecule has 0 radical (unpaired) electrons. The van der Waals surface area contributed by atoms with Gasteiger partial charge in [0.25, 0.3) is 0 Å². The lowest BCUT2D eigenvalue weighted by atomic mass is 10.0. The quantitative estimate of drug-likeness (QED) is 0.374. The number of hydrogen-bond donors (Lipinski definition) is 0. The summed E-state index contributed by atoms with van der Waals surface area (Å²) in [6.45, 7) is 6.85. The Hall–Kier alpha value is -2.14. The summed E-state index contributed by atoms with van der Waals surface area (Å²) in [7, 11) is 1.97. The Morgan fingerprint density at radius 2 is 1.96 bits per heavy atom. The first kappa shape index (κ1) is 19.2. The van der Waals surface area contributed by atoms with E-state index in [-0.39, 0.29) is 12.4 Å². The molecule has 0 saturated carbocycles. The minimum Gasteiger partial charge on any atom is -0.484 e. The van der Waals surface area contributed by atoms with Crippen molar-refractivity contribution in [3.63, 3.8) is 0 Å². The standard InChI is InChI=1S/C20H23BrN2O2/c1-5-23(4)13-22-18-11-14(2)16(10-15(18)3)19(24)12-25-20-9-7-6-8-17(20)21/h6-11,13H,5,12H2,1-4H3. The molecule has 0 aliphatic heterocycles. The van der Waals surface area contributed by atoms with Crippen molar-refractivity contribution in [1.29, 1.82) is 0 Å². The van der Waals surface area contributed by atoms with Crippen molar-refractivity contribution in [2.75, 3.05) is 20.2 Å². The molecule has 0 aliphatic rings. The normalized spacial score (nSPS) is 10.9. The van der Waals surface area contributed by atoms with Crippen molar-refractivity contribution >= 4 is 33.7 Å². The Bertz CT molecular complexity index is 787. The second-order valence-corrected chi connectivity index (χ2v) is 6.77. The number of aliphatic imine (C=N–C) groups is 1. The predicted molar refractivity (Wildman–Crippen MR) is 106 cm³/mol. The molecule has 2 rings (SSSR count). The Morgan fingerprint density at radius 1 is 1.24 bits per heavy atom. The SMILES string of the molecule is CCN(C)C=Nc1cc(C)c(C(=O)COc2ccccc2Br)cc1C. The van der Waals surface area contributed by atoms with E-state index in [1.165, 1.54) is 0 Å². The van der Waals surface area contributed by atoms with E-state index in [1.807, 2.05) is 62.2 Å². The molecule has 0 amide bonds. The van der Waals surface area contributed by atoms with Crippen molar-refractivity contribution < 1.29 is 9.53 Å². The second-order valence-electron chi connectivity index (χ2n) is 5.91. The average Bonchev–Trinajstić information content (AvgIpc) is 2.60. The lowest BCUT2D eigenvalue weighted by molar-refractivity contribution is 0.0920. The Kier molecular flexibility index (Phi) is 6.76. The van der Waals surface area contributed by atoms with Crippen LogP contribution in [0.3, 0.4) is 0 Å². The zero-order chi connectivity index (χ0) is 18.4. The summed E-state index contributed by atoms with van der Waals surface area (Å²) in [5.41, 5.74) is 3.42. The molecular weight excluding hydrogens is 380 g/mol. The first-order chi connectivity index (χ1) is 11.9. The number of aryl methyl sites for hydroxylation is 2. The molecule has 0 aromatic heterocycles. The Balaban J connectivity index is 2.13. The van der Waals surface area contributed by atoms with E-state index in [0.29, 0.717) is 11.3 Å². The molecule has 0 N–H and O–H groups in total. The van der Waals surface area contributed by atoms with E-state index in [9.17, 15) is 4.79 Å². The van der Waals surface area contributed by atoms with Gasteiger partial charge in [0.1, 0.15) is 5.75 Å². The molecule has 0 aliphatic carbocycles. The molecule has 0 atom stereocenters. The van der Waals surface area contributed by atoms with Gasteiger partial charge in [-0.3, -0.25) is 4.79 Å². The summed E-state index contributed by atoms with van der Waals surface area (Å²) in [5, 5.41) is 0. The highest BCUT2D eigenvalue weighted by atomic mass is 79.9. The number of carbonyl (C=O) groups excluding carboxylic acids is 1. The van der Waals surface area contributed by atoms with E-state index < -0.39 is 0 Å². The number of carbonyl (C=O) groups is 1. The molecule has 0 bridgehead atoms. The van der Waals surface area contributed by atoms with E-state index >= 15 is 0 Å². The van der Waals surface area contributed by atoms with Gasteiger partial charge in [-0.15, -0.1) is 0 Å². The molecule has 0 spiro atoms. The molecule has 0 fully saturated rings. The highest BCUT2D eigenvalue weighted by molar-refractivity contribution is 9.10. The number of rotatable bonds is 7. The molecule has 25 heavy (non-hydrogen) atoms. The predicted octanol–water partition coefficient (Wildman–Crippen LogP) is 4.94. The first-order valence-electron chi connectivity index (χ1n) is 8.18. The van der Waals surface area contributed by atoms with Crippen LogP contribution < -0.4 is 4.74 Å². The van der Waals surface area contributed by atoms with Gasteiger partial charge in [0.05, 0.1) is 16.5 Å². The third kappa shape index (κ3) is 5.16. The second kappa shape index (κ2) is 8.81. The van der Waals surface area contributed by atoms with E-state index in [0.717, 1.165) is 27.8 Å². The van der Waals surface area contributed by atoms with Crippen LogP contribution in [0.25, 0.3) is 0 Å². The fraction of sp³-hybridized carbons (Fsp3) is 0.300. The lowest BCUT2D eigenvalue weighted by Crippen LogP contribution is -2.14. The van der Waals surface area contributed by atoms with Gasteiger partial charge in [-0.05, 0) is 72.1 Å². The molecule has 2 aromatic rings. The fourth-order valence-corrected chi connectivity index (χ4v) is 2.66. The number of hydrogen-bond acceptors (Lipinski definition) is 3. The van der Waals surface area contributed by atoms with Crippen molar-refractivity contribution in [2.24, 2.45) is 4.99 Å². The van der Waals surface area contributed by atoms with Gasteiger partial charge in [0.15, 0.2) is 12.4 Å². The van der Waals surface area contributed by atoms with Gasteiger partial charge in [-0.25, -0.2) is 4.99 Å². The van der Waals surface area contributed by atoms with Crippen LogP contribution in [0, 0.1) is 13.8 Å². The van der Waals surface area contributed by atoms with Crippen LogP contribution in [-0.4, -0.2) is 37.2 Å². The van der Waals surface area contributed by atoms with Crippen molar-refractivity contribution in [2.45, 2.75) is 20.8 Å². The first-order valence-corrected chi connectivity index (χ1v) is 8.98. The smallest absolute Gasteiger partial charge is 0.200 e. The van der Waals surface area contributed by atoms with Crippen LogP contribution in [0.2, 0.25) is 0 Å². The number of ether oxygens (including phenoxy) is 1. The van der Waals surface area contributed by atoms with Gasteiger partial charge in [-0.2, -0.15) is 0 Å². The summed E-state index contributed by atoms with van der Waals surface area (Å²) in [6.07, 6.45) is 1.80. The van der Waals surface area contributed by atoms with Gasteiger partial charge in [-0.1, -0.05) is 12.1 Å². The van der Waals surface area contributed by atoms with Gasteiger partial charge in [0.2, 0.25) is 0 Å². The molecule has 2 aromatic carbocycles. The van der Waals surface area contributed by atoms with Crippen molar-refractivity contribution in [3.8, 4) is 5.75 Å². The van der Waals surface area contributed by atoms with E-state index in [4.69, 9.17) is 4.74 Å². The maximum atomic E-state index is 12.5. The minimum atomic E-state index is -0.0439. The fourth-order valence-electron chi connectivity index (χ4n) is 2.27. The Labute approximate surface area is 157 Å². The van der Waals surface area contributed by atoms with Crippen LogP contribution in [0.5, 0.6) is 5.75 Å². The van der Waals surface area contributed by atoms with Crippen LogP contribution in [0.15, 0.2) is 45.9 Å².